The summed E-state index contributed by atoms with van der Waals surface area (Å²) in [6, 6.07) is 6.46. The van der Waals surface area contributed by atoms with Gasteiger partial charge in [0.25, 0.3) is 5.91 Å². The first kappa shape index (κ1) is 22.9. The normalized spacial score (nSPS) is 12.3. The average molecular weight is 372 g/mol. The van der Waals surface area contributed by atoms with Gasteiger partial charge in [-0.3, -0.25) is 14.4 Å². The van der Waals surface area contributed by atoms with Gasteiger partial charge in [-0.1, -0.05) is 13.3 Å². The first-order chi connectivity index (χ1) is 11.3. The maximum absolute atomic E-state index is 12.1. The Bertz CT molecular complexity index is 588. The highest BCUT2D eigenvalue weighted by Crippen LogP contribution is 2.14. The molecule has 8 heteroatoms. The molecule has 0 fully saturated rings. The van der Waals surface area contributed by atoms with Gasteiger partial charge in [-0.15, -0.1) is 12.4 Å². The van der Waals surface area contributed by atoms with Crippen LogP contribution < -0.4 is 16.4 Å². The fourth-order valence-electron chi connectivity index (χ4n) is 2.09. The zero-order valence-corrected chi connectivity index (χ0v) is 15.6. The molecule has 0 aliphatic rings. The number of benzene rings is 1. The minimum Gasteiger partial charge on any atom is -0.469 e. The number of halogens is 1. The molecule has 1 atom stereocenters. The number of carbonyl (C=O) groups is 3. The number of nitrogens with two attached hydrogens (primary N) is 1. The Kier molecular flexibility index (Phi) is 9.78. The van der Waals surface area contributed by atoms with Crippen molar-refractivity contribution in [3.8, 4) is 0 Å². The van der Waals surface area contributed by atoms with E-state index in [9.17, 15) is 14.4 Å². The minimum absolute atomic E-state index is 0. The molecule has 0 aliphatic carbocycles. The second-order valence-corrected chi connectivity index (χ2v) is 5.78. The van der Waals surface area contributed by atoms with Crippen LogP contribution in [0.5, 0.6) is 0 Å². The zero-order valence-electron chi connectivity index (χ0n) is 14.8. The van der Waals surface area contributed by atoms with Crippen LogP contribution in [0.1, 0.15) is 43.5 Å². The molecule has 2 amide bonds. The van der Waals surface area contributed by atoms with Crippen molar-refractivity contribution in [1.29, 1.82) is 0 Å². The molecule has 7 nitrogen and oxygen atoms in total. The van der Waals surface area contributed by atoms with Crippen LogP contribution in [0.25, 0.3) is 0 Å². The molecule has 0 radical (unpaired) electrons. The molecular weight excluding hydrogens is 346 g/mol. The van der Waals surface area contributed by atoms with E-state index >= 15 is 0 Å². The number of methoxy groups -OCH3 is 1. The van der Waals surface area contributed by atoms with E-state index in [-0.39, 0.29) is 43.2 Å². The van der Waals surface area contributed by atoms with Gasteiger partial charge >= 0.3 is 5.97 Å². The highest BCUT2D eigenvalue weighted by molar-refractivity contribution is 5.98. The lowest BCUT2D eigenvalue weighted by Gasteiger charge is -2.22. The first-order valence-corrected chi connectivity index (χ1v) is 7.85. The average Bonchev–Trinajstić information content (AvgIpc) is 2.55. The molecule has 140 valence electrons. The number of anilines is 1. The summed E-state index contributed by atoms with van der Waals surface area (Å²) in [5, 5.41) is 5.36. The van der Waals surface area contributed by atoms with Crippen molar-refractivity contribution in [3.05, 3.63) is 29.8 Å². The second-order valence-electron chi connectivity index (χ2n) is 5.78. The van der Waals surface area contributed by atoms with Gasteiger partial charge in [0, 0.05) is 17.8 Å². The third kappa shape index (κ3) is 7.53. The number of ether oxygens (including phenoxy) is 1. The van der Waals surface area contributed by atoms with Crippen LogP contribution in [-0.2, 0) is 14.3 Å². The SMILES string of the molecule is CCCC(C)(N)C(=O)Nc1ccc(C(=O)NCCC(=O)OC)cc1.Cl. The van der Waals surface area contributed by atoms with E-state index < -0.39 is 5.54 Å². The Morgan fingerprint density at radius 1 is 1.20 bits per heavy atom. The fourth-order valence-corrected chi connectivity index (χ4v) is 2.09. The Balaban J connectivity index is 0.00000576. The van der Waals surface area contributed by atoms with Crippen molar-refractivity contribution < 1.29 is 19.1 Å². The van der Waals surface area contributed by atoms with E-state index in [4.69, 9.17) is 5.73 Å². The number of hydrogen-bond acceptors (Lipinski definition) is 5. The summed E-state index contributed by atoms with van der Waals surface area (Å²) in [7, 11) is 1.30. The fraction of sp³-hybridized carbons (Fsp3) is 0.471. The predicted molar refractivity (Wildman–Crippen MR) is 98.8 cm³/mol. The molecule has 0 aromatic heterocycles. The summed E-state index contributed by atoms with van der Waals surface area (Å²) in [4.78, 5) is 35.0. The minimum atomic E-state index is -0.932. The quantitative estimate of drug-likeness (QED) is 0.604. The zero-order chi connectivity index (χ0) is 18.2. The number of nitrogens with one attached hydrogen (secondary N) is 2. The molecule has 4 N–H and O–H groups in total. The molecule has 0 heterocycles. The predicted octanol–water partition coefficient (Wildman–Crippen LogP) is 1.86. The van der Waals surface area contributed by atoms with Crippen LogP contribution in [0, 0.1) is 0 Å². The lowest BCUT2D eigenvalue weighted by atomic mass is 9.96. The molecule has 1 aromatic rings. The van der Waals surface area contributed by atoms with Crippen LogP contribution in [-0.4, -0.2) is 37.0 Å². The summed E-state index contributed by atoms with van der Waals surface area (Å²) in [6.07, 6.45) is 1.51. The molecule has 0 saturated heterocycles. The first-order valence-electron chi connectivity index (χ1n) is 7.85. The lowest BCUT2D eigenvalue weighted by Crippen LogP contribution is -2.48. The van der Waals surface area contributed by atoms with Crippen LogP contribution in [0.3, 0.4) is 0 Å². The molecule has 0 aliphatic heterocycles. The maximum atomic E-state index is 12.1. The van der Waals surface area contributed by atoms with Crippen LogP contribution >= 0.6 is 12.4 Å². The monoisotopic (exact) mass is 371 g/mol. The van der Waals surface area contributed by atoms with Gasteiger partial charge in [0.05, 0.1) is 19.1 Å². The van der Waals surface area contributed by atoms with Gasteiger partial charge in [0.1, 0.15) is 0 Å². The molecular formula is C17H26ClN3O4. The number of carbonyl (C=O) groups excluding carboxylic acids is 3. The van der Waals surface area contributed by atoms with Crippen molar-refractivity contribution >= 4 is 35.9 Å². The largest absolute Gasteiger partial charge is 0.469 e. The number of esters is 1. The highest BCUT2D eigenvalue weighted by Gasteiger charge is 2.27. The number of hydrogen-bond donors (Lipinski definition) is 3. The third-order valence-corrected chi connectivity index (χ3v) is 3.54. The van der Waals surface area contributed by atoms with E-state index in [1.807, 2.05) is 6.92 Å². The van der Waals surface area contributed by atoms with E-state index in [1.54, 1.807) is 31.2 Å². The molecule has 1 rings (SSSR count). The van der Waals surface area contributed by atoms with E-state index in [1.165, 1.54) is 7.11 Å². The maximum Gasteiger partial charge on any atom is 0.307 e. The lowest BCUT2D eigenvalue weighted by molar-refractivity contribution is -0.140. The number of rotatable bonds is 8. The van der Waals surface area contributed by atoms with E-state index in [0.717, 1.165) is 6.42 Å². The van der Waals surface area contributed by atoms with E-state index in [2.05, 4.69) is 15.4 Å². The summed E-state index contributed by atoms with van der Waals surface area (Å²) in [5.41, 5.74) is 6.04. The van der Waals surface area contributed by atoms with Gasteiger partial charge in [0.15, 0.2) is 0 Å². The third-order valence-electron chi connectivity index (χ3n) is 3.54. The van der Waals surface area contributed by atoms with Gasteiger partial charge in [-0.2, -0.15) is 0 Å². The molecule has 0 saturated carbocycles. The van der Waals surface area contributed by atoms with Crippen LogP contribution in [0.2, 0.25) is 0 Å². The van der Waals surface area contributed by atoms with Crippen molar-refractivity contribution in [2.24, 2.45) is 5.73 Å². The standard InChI is InChI=1S/C17H25N3O4.ClH/c1-4-10-17(2,18)16(23)20-13-7-5-12(6-8-13)15(22)19-11-9-14(21)24-3;/h5-8H,4,9-11,18H2,1-3H3,(H,19,22)(H,20,23);1H. The molecule has 25 heavy (non-hydrogen) atoms. The van der Waals surface area contributed by atoms with Gasteiger partial charge in [-0.25, -0.2) is 0 Å². The highest BCUT2D eigenvalue weighted by atomic mass is 35.5. The summed E-state index contributed by atoms with van der Waals surface area (Å²) in [6.45, 7) is 3.85. The van der Waals surface area contributed by atoms with Crippen molar-refractivity contribution in [1.82, 2.24) is 5.32 Å². The Morgan fingerprint density at radius 2 is 1.80 bits per heavy atom. The van der Waals surface area contributed by atoms with Gasteiger partial charge in [-0.05, 0) is 37.6 Å². The summed E-state index contributed by atoms with van der Waals surface area (Å²) < 4.78 is 4.49. The van der Waals surface area contributed by atoms with Crippen LogP contribution in [0.15, 0.2) is 24.3 Å². The van der Waals surface area contributed by atoms with E-state index in [0.29, 0.717) is 17.7 Å². The smallest absolute Gasteiger partial charge is 0.307 e. The van der Waals surface area contributed by atoms with Crippen molar-refractivity contribution in [3.63, 3.8) is 0 Å². The van der Waals surface area contributed by atoms with Crippen molar-refractivity contribution in [2.75, 3.05) is 19.0 Å². The van der Waals surface area contributed by atoms with Crippen LogP contribution in [0.4, 0.5) is 5.69 Å². The molecule has 1 aromatic carbocycles. The Morgan fingerprint density at radius 3 is 2.32 bits per heavy atom. The number of amides is 2. The topological polar surface area (TPSA) is 111 Å². The van der Waals surface area contributed by atoms with Gasteiger partial charge < -0.3 is 21.1 Å². The molecule has 0 spiro atoms. The summed E-state index contributed by atoms with van der Waals surface area (Å²) >= 11 is 0. The molecule has 1 unspecified atom stereocenters. The molecule has 0 bridgehead atoms. The second kappa shape index (κ2) is 10.7. The Hall–Kier alpha value is -2.12. The van der Waals surface area contributed by atoms with Crippen molar-refractivity contribution in [2.45, 2.75) is 38.6 Å². The van der Waals surface area contributed by atoms with Gasteiger partial charge in [0.2, 0.25) is 5.91 Å². The Labute approximate surface area is 154 Å². The summed E-state index contributed by atoms with van der Waals surface area (Å²) in [5.74, 6) is -0.948.